The van der Waals surface area contributed by atoms with Crippen LogP contribution < -0.4 is 9.62 Å². The first-order valence-corrected chi connectivity index (χ1v) is 16.4. The first-order valence-electron chi connectivity index (χ1n) is 13.5. The Balaban J connectivity index is 1.75. The highest BCUT2D eigenvalue weighted by atomic mass is 35.5. The largest absolute Gasteiger partial charge is 0.352 e. The third kappa shape index (κ3) is 7.34. The van der Waals surface area contributed by atoms with Gasteiger partial charge in [-0.3, -0.25) is 13.9 Å². The van der Waals surface area contributed by atoms with Gasteiger partial charge < -0.3 is 10.2 Å². The van der Waals surface area contributed by atoms with Crippen LogP contribution in [0, 0.1) is 6.92 Å². The summed E-state index contributed by atoms with van der Waals surface area (Å²) in [6.45, 7) is 2.64. The van der Waals surface area contributed by atoms with E-state index < -0.39 is 28.5 Å². The zero-order valence-corrected chi connectivity index (χ0v) is 27.0. The normalized spacial score (nSPS) is 14.4. The molecule has 0 spiro atoms. The lowest BCUT2D eigenvalue weighted by molar-refractivity contribution is -0.139. The molecule has 1 N–H and O–H groups in total. The summed E-state index contributed by atoms with van der Waals surface area (Å²) in [5, 5.41) is 3.73. The quantitative estimate of drug-likeness (QED) is 0.246. The standard InChI is InChI=1S/C30H31Cl4N3O4S/c1-19-13-15-22(16-14-19)42(40,41)37(27-12-6-11-26(33)29(27)34)18-28(38)36(17-23-24(31)9-5-10-25(23)32)20(2)30(39)35-21-7-3-4-8-21/h5-6,9-16,20-21H,3-4,7-8,17-18H2,1-2H3,(H,35,39)/t20-/m0/s1. The average Bonchev–Trinajstić information content (AvgIpc) is 3.46. The van der Waals surface area contributed by atoms with Crippen LogP contribution in [0.4, 0.5) is 5.69 Å². The molecule has 0 heterocycles. The van der Waals surface area contributed by atoms with Gasteiger partial charge in [-0.15, -0.1) is 0 Å². The van der Waals surface area contributed by atoms with Gasteiger partial charge in [0.15, 0.2) is 0 Å². The SMILES string of the molecule is Cc1ccc(S(=O)(=O)N(CC(=O)N(Cc2c(Cl)cccc2Cl)[C@@H](C)C(=O)NC2CCCC2)c2cccc(Cl)c2Cl)cc1. The molecule has 0 aliphatic heterocycles. The lowest BCUT2D eigenvalue weighted by Crippen LogP contribution is -2.52. The predicted molar refractivity (Wildman–Crippen MR) is 169 cm³/mol. The number of hydrogen-bond acceptors (Lipinski definition) is 4. The Morgan fingerprint density at radius 3 is 2.10 bits per heavy atom. The molecular weight excluding hydrogens is 640 g/mol. The lowest BCUT2D eigenvalue weighted by Gasteiger charge is -2.33. The number of nitrogens with one attached hydrogen (secondary N) is 1. The van der Waals surface area contributed by atoms with Crippen molar-refractivity contribution in [3.63, 3.8) is 0 Å². The van der Waals surface area contributed by atoms with E-state index in [1.165, 1.54) is 29.2 Å². The molecule has 0 radical (unpaired) electrons. The van der Waals surface area contributed by atoms with Gasteiger partial charge in [-0.1, -0.05) is 89.1 Å². The summed E-state index contributed by atoms with van der Waals surface area (Å²) in [6.07, 6.45) is 3.75. The van der Waals surface area contributed by atoms with E-state index in [1.807, 2.05) is 6.92 Å². The minimum Gasteiger partial charge on any atom is -0.352 e. The van der Waals surface area contributed by atoms with Gasteiger partial charge in [0.2, 0.25) is 11.8 Å². The number of rotatable bonds is 10. The minimum absolute atomic E-state index is 0.0180. The molecular formula is C30H31Cl4N3O4S. The van der Waals surface area contributed by atoms with Gasteiger partial charge in [0, 0.05) is 28.2 Å². The first-order chi connectivity index (χ1) is 19.9. The molecule has 1 aliphatic carbocycles. The van der Waals surface area contributed by atoms with Crippen molar-refractivity contribution < 1.29 is 18.0 Å². The van der Waals surface area contributed by atoms with Gasteiger partial charge in [-0.25, -0.2) is 8.42 Å². The second kappa shape index (κ2) is 13.9. The van der Waals surface area contributed by atoms with Crippen molar-refractivity contribution in [1.29, 1.82) is 0 Å². The fraction of sp³-hybridized carbons (Fsp3) is 0.333. The van der Waals surface area contributed by atoms with Gasteiger partial charge in [0.25, 0.3) is 10.0 Å². The Morgan fingerprint density at radius 2 is 1.48 bits per heavy atom. The summed E-state index contributed by atoms with van der Waals surface area (Å²) >= 11 is 25.6. The van der Waals surface area contributed by atoms with E-state index in [-0.39, 0.29) is 39.1 Å². The van der Waals surface area contributed by atoms with Crippen molar-refractivity contribution in [3.05, 3.63) is 91.9 Å². The van der Waals surface area contributed by atoms with Crippen molar-refractivity contribution in [1.82, 2.24) is 10.2 Å². The average molecular weight is 671 g/mol. The number of carbonyl (C=O) groups is 2. The van der Waals surface area contributed by atoms with Crippen LogP contribution in [0.1, 0.15) is 43.7 Å². The van der Waals surface area contributed by atoms with Crippen LogP contribution in [-0.2, 0) is 26.2 Å². The van der Waals surface area contributed by atoms with E-state index in [4.69, 9.17) is 46.4 Å². The molecule has 1 aliphatic rings. The highest BCUT2D eigenvalue weighted by Crippen LogP contribution is 2.36. The lowest BCUT2D eigenvalue weighted by atomic mass is 10.1. The number of hydrogen-bond donors (Lipinski definition) is 1. The molecule has 1 fully saturated rings. The number of aryl methyl sites for hydroxylation is 1. The zero-order chi connectivity index (χ0) is 30.6. The fourth-order valence-corrected chi connectivity index (χ4v) is 7.25. The molecule has 224 valence electrons. The maximum atomic E-state index is 14.1. The Hall–Kier alpha value is -2.49. The highest BCUT2D eigenvalue weighted by Gasteiger charge is 2.35. The topological polar surface area (TPSA) is 86.8 Å². The van der Waals surface area contributed by atoms with E-state index in [9.17, 15) is 18.0 Å². The molecule has 0 bridgehead atoms. The van der Waals surface area contributed by atoms with Crippen LogP contribution in [0.2, 0.25) is 20.1 Å². The second-order valence-corrected chi connectivity index (χ2v) is 13.7. The number of amides is 2. The third-order valence-corrected chi connectivity index (χ3v) is 10.6. The number of benzene rings is 3. The van der Waals surface area contributed by atoms with E-state index in [2.05, 4.69) is 5.32 Å². The predicted octanol–water partition coefficient (Wildman–Crippen LogP) is 7.28. The van der Waals surface area contributed by atoms with Crippen molar-refractivity contribution in [2.45, 2.75) is 63.1 Å². The molecule has 0 saturated heterocycles. The molecule has 0 aromatic heterocycles. The van der Waals surface area contributed by atoms with Crippen LogP contribution in [0.15, 0.2) is 65.6 Å². The van der Waals surface area contributed by atoms with E-state index >= 15 is 0 Å². The van der Waals surface area contributed by atoms with E-state index in [1.54, 1.807) is 43.3 Å². The smallest absolute Gasteiger partial charge is 0.264 e. The molecule has 12 heteroatoms. The maximum Gasteiger partial charge on any atom is 0.264 e. The Labute approximate surface area is 266 Å². The molecule has 42 heavy (non-hydrogen) atoms. The number of anilines is 1. The Kier molecular flexibility index (Phi) is 10.7. The van der Waals surface area contributed by atoms with Gasteiger partial charge in [0.1, 0.15) is 12.6 Å². The number of halogens is 4. The van der Waals surface area contributed by atoms with Crippen molar-refractivity contribution >= 4 is 73.9 Å². The van der Waals surface area contributed by atoms with E-state index in [0.717, 1.165) is 35.6 Å². The summed E-state index contributed by atoms with van der Waals surface area (Å²) < 4.78 is 28.9. The van der Waals surface area contributed by atoms with Crippen LogP contribution in [0.3, 0.4) is 0 Å². The van der Waals surface area contributed by atoms with Crippen molar-refractivity contribution in [3.8, 4) is 0 Å². The molecule has 2 amide bonds. The Bertz CT molecular complexity index is 1540. The molecule has 4 rings (SSSR count). The van der Waals surface area contributed by atoms with Crippen LogP contribution in [0.5, 0.6) is 0 Å². The summed E-state index contributed by atoms with van der Waals surface area (Å²) in [5.74, 6) is -1.01. The van der Waals surface area contributed by atoms with Crippen LogP contribution in [-0.4, -0.2) is 43.8 Å². The molecule has 3 aromatic carbocycles. The third-order valence-electron chi connectivity index (χ3n) is 7.35. The molecule has 1 atom stereocenters. The summed E-state index contributed by atoms with van der Waals surface area (Å²) in [4.78, 5) is 28.8. The van der Waals surface area contributed by atoms with E-state index in [0.29, 0.717) is 15.6 Å². The van der Waals surface area contributed by atoms with Crippen LogP contribution in [0.25, 0.3) is 0 Å². The van der Waals surface area contributed by atoms with Crippen LogP contribution >= 0.6 is 46.4 Å². The van der Waals surface area contributed by atoms with Gasteiger partial charge >= 0.3 is 0 Å². The summed E-state index contributed by atoms with van der Waals surface area (Å²) in [7, 11) is -4.30. The van der Waals surface area contributed by atoms with Crippen molar-refractivity contribution in [2.24, 2.45) is 0 Å². The van der Waals surface area contributed by atoms with Gasteiger partial charge in [-0.2, -0.15) is 0 Å². The van der Waals surface area contributed by atoms with Gasteiger partial charge in [0.05, 0.1) is 20.6 Å². The summed E-state index contributed by atoms with van der Waals surface area (Å²) in [5.41, 5.74) is 1.32. The number of carbonyl (C=O) groups excluding carboxylic acids is 2. The second-order valence-electron chi connectivity index (χ2n) is 10.3. The molecule has 0 unspecified atom stereocenters. The molecule has 7 nitrogen and oxygen atoms in total. The minimum atomic E-state index is -4.30. The Morgan fingerprint density at radius 1 is 0.905 bits per heavy atom. The monoisotopic (exact) mass is 669 g/mol. The fourth-order valence-electron chi connectivity index (χ4n) is 4.86. The summed E-state index contributed by atoms with van der Waals surface area (Å²) in [6, 6.07) is 14.8. The first kappa shape index (κ1) is 32.4. The maximum absolute atomic E-state index is 14.1. The molecule has 1 saturated carbocycles. The van der Waals surface area contributed by atoms with Gasteiger partial charge in [-0.05, 0) is 63.1 Å². The van der Waals surface area contributed by atoms with Crippen molar-refractivity contribution in [2.75, 3.05) is 10.8 Å². The molecule has 3 aromatic rings. The number of nitrogens with zero attached hydrogens (tertiary/aromatic N) is 2. The number of sulfonamides is 1. The zero-order valence-electron chi connectivity index (χ0n) is 23.1. The highest BCUT2D eigenvalue weighted by molar-refractivity contribution is 7.92.